The number of hydrogen-bond acceptors (Lipinski definition) is 0. The smallest absolute Gasteiger partial charge is 0.0202 e. The number of rotatable bonds is 1. The Labute approximate surface area is 82.1 Å². The Bertz CT molecular complexity index is 211. The Morgan fingerprint density at radius 3 is 2.69 bits per heavy atom. The quantitative estimate of drug-likeness (QED) is 0.537. The van der Waals surface area contributed by atoms with E-state index in [0.29, 0.717) is 5.92 Å². The average Bonchev–Trinajstić information content (AvgIpc) is 2.60. The van der Waals surface area contributed by atoms with Crippen molar-refractivity contribution in [1.82, 2.24) is 0 Å². The van der Waals surface area contributed by atoms with E-state index in [1.54, 1.807) is 0 Å². The van der Waals surface area contributed by atoms with Crippen LogP contribution in [0.1, 0.15) is 45.4 Å². The highest BCUT2D eigenvalue weighted by atomic mass is 14.4. The van der Waals surface area contributed by atoms with Gasteiger partial charge in [-0.25, -0.2) is 0 Å². The lowest BCUT2D eigenvalue weighted by molar-refractivity contribution is 0.206. The molecule has 0 heteroatoms. The van der Waals surface area contributed by atoms with Gasteiger partial charge in [0.25, 0.3) is 0 Å². The zero-order valence-corrected chi connectivity index (χ0v) is 8.63. The molecule has 0 saturated heterocycles. The van der Waals surface area contributed by atoms with Crippen LogP contribution in [0.3, 0.4) is 0 Å². The van der Waals surface area contributed by atoms with Gasteiger partial charge in [0.2, 0.25) is 0 Å². The van der Waals surface area contributed by atoms with Crippen molar-refractivity contribution in [3.63, 3.8) is 0 Å². The van der Waals surface area contributed by atoms with Crippen LogP contribution in [0.5, 0.6) is 0 Å². The predicted molar refractivity (Wildman–Crippen MR) is 56.2 cm³/mol. The summed E-state index contributed by atoms with van der Waals surface area (Å²) in [6.07, 6.45) is 14.3. The molecule has 72 valence electrons. The monoisotopic (exact) mass is 176 g/mol. The first-order valence-electron chi connectivity index (χ1n) is 5.79. The summed E-state index contributed by atoms with van der Waals surface area (Å²) in [7, 11) is 0. The molecule has 0 spiro atoms. The lowest BCUT2D eigenvalue weighted by Gasteiger charge is -2.30. The van der Waals surface area contributed by atoms with Crippen molar-refractivity contribution in [2.24, 2.45) is 23.7 Å². The van der Waals surface area contributed by atoms with Crippen molar-refractivity contribution in [3.05, 3.63) is 0 Å². The second-order valence-electron chi connectivity index (χ2n) is 4.90. The SMILES string of the molecule is C#C[C@@H](C)C1CCC2CCCCC21. The van der Waals surface area contributed by atoms with Gasteiger partial charge in [0.1, 0.15) is 0 Å². The van der Waals surface area contributed by atoms with E-state index in [0.717, 1.165) is 17.8 Å². The molecule has 0 N–H and O–H groups in total. The summed E-state index contributed by atoms with van der Waals surface area (Å²) in [6, 6.07) is 0. The summed E-state index contributed by atoms with van der Waals surface area (Å²) in [6.45, 7) is 2.24. The third-order valence-corrected chi connectivity index (χ3v) is 4.29. The lowest BCUT2D eigenvalue weighted by atomic mass is 9.74. The molecule has 0 aromatic carbocycles. The second-order valence-corrected chi connectivity index (χ2v) is 4.90. The molecule has 2 rings (SSSR count). The summed E-state index contributed by atoms with van der Waals surface area (Å²) in [4.78, 5) is 0. The van der Waals surface area contributed by atoms with E-state index in [-0.39, 0.29) is 0 Å². The average molecular weight is 176 g/mol. The highest BCUT2D eigenvalue weighted by molar-refractivity contribution is 5.00. The fraction of sp³-hybridized carbons (Fsp3) is 0.846. The number of terminal acetylenes is 1. The van der Waals surface area contributed by atoms with Crippen molar-refractivity contribution in [2.75, 3.05) is 0 Å². The minimum Gasteiger partial charge on any atom is -0.120 e. The molecule has 3 unspecified atom stereocenters. The van der Waals surface area contributed by atoms with Gasteiger partial charge in [-0.05, 0) is 37.0 Å². The summed E-state index contributed by atoms with van der Waals surface area (Å²) < 4.78 is 0. The molecule has 2 aliphatic rings. The summed E-state index contributed by atoms with van der Waals surface area (Å²) in [5.41, 5.74) is 0. The fourth-order valence-electron chi connectivity index (χ4n) is 3.52. The molecule has 2 aliphatic carbocycles. The topological polar surface area (TPSA) is 0 Å². The van der Waals surface area contributed by atoms with E-state index in [4.69, 9.17) is 6.42 Å². The molecule has 0 bridgehead atoms. The zero-order valence-electron chi connectivity index (χ0n) is 8.63. The third-order valence-electron chi connectivity index (χ3n) is 4.29. The maximum absolute atomic E-state index is 5.52. The highest BCUT2D eigenvalue weighted by Crippen LogP contribution is 2.48. The molecule has 4 atom stereocenters. The van der Waals surface area contributed by atoms with E-state index in [2.05, 4.69) is 12.8 Å². The van der Waals surface area contributed by atoms with Crippen LogP contribution in [-0.2, 0) is 0 Å². The van der Waals surface area contributed by atoms with Gasteiger partial charge >= 0.3 is 0 Å². The van der Waals surface area contributed by atoms with Crippen LogP contribution in [0.4, 0.5) is 0 Å². The van der Waals surface area contributed by atoms with E-state index < -0.39 is 0 Å². The minimum atomic E-state index is 0.521. The minimum absolute atomic E-state index is 0.521. The Kier molecular flexibility index (Phi) is 2.63. The molecule has 0 radical (unpaired) electrons. The van der Waals surface area contributed by atoms with Crippen LogP contribution < -0.4 is 0 Å². The molecule has 0 heterocycles. The van der Waals surface area contributed by atoms with Crippen molar-refractivity contribution in [2.45, 2.75) is 45.4 Å². The van der Waals surface area contributed by atoms with Crippen molar-refractivity contribution < 1.29 is 0 Å². The van der Waals surface area contributed by atoms with Gasteiger partial charge in [0.15, 0.2) is 0 Å². The third kappa shape index (κ3) is 1.62. The molecular weight excluding hydrogens is 156 g/mol. The number of hydrogen-bond donors (Lipinski definition) is 0. The van der Waals surface area contributed by atoms with E-state index in [1.807, 2.05) is 0 Å². The summed E-state index contributed by atoms with van der Waals surface area (Å²) >= 11 is 0. The largest absolute Gasteiger partial charge is 0.120 e. The first-order valence-corrected chi connectivity index (χ1v) is 5.79. The molecule has 0 aliphatic heterocycles. The van der Waals surface area contributed by atoms with Crippen molar-refractivity contribution >= 4 is 0 Å². The Morgan fingerprint density at radius 2 is 1.92 bits per heavy atom. The molecule has 2 saturated carbocycles. The fourth-order valence-corrected chi connectivity index (χ4v) is 3.52. The van der Waals surface area contributed by atoms with Crippen LogP contribution in [0, 0.1) is 36.0 Å². The normalized spacial score (nSPS) is 40.8. The van der Waals surface area contributed by atoms with Crippen LogP contribution in [0.25, 0.3) is 0 Å². The highest BCUT2D eigenvalue weighted by Gasteiger charge is 2.39. The molecule has 0 nitrogen and oxygen atoms in total. The van der Waals surface area contributed by atoms with Crippen molar-refractivity contribution in [3.8, 4) is 12.3 Å². The second kappa shape index (κ2) is 3.74. The standard InChI is InChI=1S/C13H20/c1-3-10(2)12-9-8-11-6-4-5-7-13(11)12/h1,10-13H,4-9H2,2H3/t10-,11?,12?,13?/m1/s1. The first-order chi connectivity index (χ1) is 6.33. The number of fused-ring (bicyclic) bond motifs is 1. The summed E-state index contributed by atoms with van der Waals surface area (Å²) in [5, 5.41) is 0. The van der Waals surface area contributed by atoms with E-state index >= 15 is 0 Å². The van der Waals surface area contributed by atoms with Gasteiger partial charge in [-0.1, -0.05) is 26.2 Å². The lowest BCUT2D eigenvalue weighted by Crippen LogP contribution is -2.22. The molecule has 0 aromatic heterocycles. The van der Waals surface area contributed by atoms with Gasteiger partial charge in [-0.3, -0.25) is 0 Å². The Morgan fingerprint density at radius 1 is 1.15 bits per heavy atom. The Hall–Kier alpha value is -0.440. The molecule has 0 amide bonds. The van der Waals surface area contributed by atoms with Gasteiger partial charge in [0.05, 0.1) is 0 Å². The maximum atomic E-state index is 5.52. The van der Waals surface area contributed by atoms with E-state index in [9.17, 15) is 0 Å². The molecule has 13 heavy (non-hydrogen) atoms. The van der Waals surface area contributed by atoms with Crippen LogP contribution in [0.2, 0.25) is 0 Å². The van der Waals surface area contributed by atoms with E-state index in [1.165, 1.54) is 38.5 Å². The van der Waals surface area contributed by atoms with Gasteiger partial charge in [-0.2, -0.15) is 0 Å². The molecule has 0 aromatic rings. The van der Waals surface area contributed by atoms with Crippen molar-refractivity contribution in [1.29, 1.82) is 0 Å². The predicted octanol–water partition coefficient (Wildman–Crippen LogP) is 3.47. The maximum Gasteiger partial charge on any atom is 0.0202 e. The Balaban J connectivity index is 2.03. The van der Waals surface area contributed by atoms with Crippen LogP contribution >= 0.6 is 0 Å². The van der Waals surface area contributed by atoms with Gasteiger partial charge < -0.3 is 0 Å². The van der Waals surface area contributed by atoms with Crippen LogP contribution in [-0.4, -0.2) is 0 Å². The van der Waals surface area contributed by atoms with Crippen LogP contribution in [0.15, 0.2) is 0 Å². The van der Waals surface area contributed by atoms with Gasteiger partial charge in [0, 0.05) is 5.92 Å². The van der Waals surface area contributed by atoms with Gasteiger partial charge in [-0.15, -0.1) is 12.3 Å². The summed E-state index contributed by atoms with van der Waals surface area (Å²) in [5.74, 6) is 6.34. The zero-order chi connectivity index (χ0) is 9.26. The molecular formula is C13H20. The first kappa shape index (κ1) is 9.13. The molecule has 2 fully saturated rings.